The maximum atomic E-state index is 5.66. The van der Waals surface area contributed by atoms with Crippen molar-refractivity contribution in [3.05, 3.63) is 12.2 Å². The molecule has 4 bridgehead atoms. The van der Waals surface area contributed by atoms with Gasteiger partial charge in [0, 0.05) is 27.4 Å². The van der Waals surface area contributed by atoms with Crippen molar-refractivity contribution in [3.8, 4) is 0 Å². The number of fused-ring (bicyclic) bond motifs is 9. The average Bonchev–Trinajstić information content (AvgIpc) is 3.22. The second kappa shape index (κ2) is 4.67. The molecule has 3 fully saturated rings. The minimum absolute atomic E-state index is 0.764. The number of allylic oxidation sites excluding steroid dienone is 2. The van der Waals surface area contributed by atoms with Crippen LogP contribution < -0.4 is 0 Å². The van der Waals surface area contributed by atoms with Crippen molar-refractivity contribution in [2.45, 2.75) is 25.3 Å². The first-order chi connectivity index (χ1) is 9.71. The van der Waals surface area contributed by atoms with Crippen LogP contribution in [0.4, 0.5) is 0 Å². The molecule has 3 nitrogen and oxygen atoms in total. The fourth-order valence-corrected chi connectivity index (χ4v) is 8.32. The van der Waals surface area contributed by atoms with Crippen molar-refractivity contribution in [2.24, 2.45) is 41.4 Å². The Morgan fingerprint density at radius 1 is 0.900 bits per heavy atom. The summed E-state index contributed by atoms with van der Waals surface area (Å²) in [4.78, 5) is 0. The van der Waals surface area contributed by atoms with Crippen LogP contribution in [-0.2, 0) is 13.3 Å². The molecule has 112 valence electrons. The minimum Gasteiger partial charge on any atom is -0.377 e. The van der Waals surface area contributed by atoms with Crippen molar-refractivity contribution in [3.63, 3.8) is 0 Å². The topological polar surface area (TPSA) is 27.7 Å². The zero-order chi connectivity index (χ0) is 13.9. The zero-order valence-electron chi connectivity index (χ0n) is 12.7. The third kappa shape index (κ3) is 1.68. The predicted molar refractivity (Wildman–Crippen MR) is 79.0 cm³/mol. The van der Waals surface area contributed by atoms with Gasteiger partial charge < -0.3 is 13.3 Å². The quantitative estimate of drug-likeness (QED) is 0.443. The van der Waals surface area contributed by atoms with Gasteiger partial charge in [0.25, 0.3) is 0 Å². The van der Waals surface area contributed by atoms with E-state index in [2.05, 4.69) is 12.2 Å². The first kappa shape index (κ1) is 13.5. The molecule has 0 spiro atoms. The monoisotopic (exact) mass is 294 g/mol. The molecule has 0 aromatic carbocycles. The molecule has 0 aliphatic heterocycles. The van der Waals surface area contributed by atoms with Crippen molar-refractivity contribution >= 4 is 8.80 Å². The second-order valence-electron chi connectivity index (χ2n) is 7.26. The van der Waals surface area contributed by atoms with Crippen molar-refractivity contribution in [1.29, 1.82) is 0 Å². The highest BCUT2D eigenvalue weighted by atomic mass is 28.4. The molecule has 3 saturated carbocycles. The zero-order valence-corrected chi connectivity index (χ0v) is 13.7. The lowest BCUT2D eigenvalue weighted by atomic mass is 9.70. The maximum absolute atomic E-state index is 5.66. The molecule has 4 aliphatic rings. The SMILES string of the molecule is CO[Si](CC1CC2CC1C1C3C=CC(C3)C21)(OC)OC. The maximum Gasteiger partial charge on any atom is 0.500 e. The van der Waals surface area contributed by atoms with Gasteiger partial charge in [-0.25, -0.2) is 0 Å². The largest absolute Gasteiger partial charge is 0.500 e. The van der Waals surface area contributed by atoms with Crippen LogP contribution in [0.15, 0.2) is 12.2 Å². The van der Waals surface area contributed by atoms with E-state index in [1.807, 2.05) is 0 Å². The molecule has 0 amide bonds. The van der Waals surface area contributed by atoms with E-state index in [0.29, 0.717) is 0 Å². The van der Waals surface area contributed by atoms with Crippen LogP contribution in [0.25, 0.3) is 0 Å². The van der Waals surface area contributed by atoms with Crippen LogP contribution >= 0.6 is 0 Å². The molecule has 20 heavy (non-hydrogen) atoms. The Kier molecular flexibility index (Phi) is 3.15. The van der Waals surface area contributed by atoms with E-state index >= 15 is 0 Å². The van der Waals surface area contributed by atoms with Gasteiger partial charge >= 0.3 is 8.80 Å². The summed E-state index contributed by atoms with van der Waals surface area (Å²) in [6.45, 7) is 0. The van der Waals surface area contributed by atoms with Crippen LogP contribution in [0.1, 0.15) is 19.3 Å². The van der Waals surface area contributed by atoms with E-state index in [4.69, 9.17) is 13.3 Å². The third-order valence-electron chi connectivity index (χ3n) is 6.85. The van der Waals surface area contributed by atoms with Crippen LogP contribution in [0.2, 0.25) is 6.04 Å². The summed E-state index contributed by atoms with van der Waals surface area (Å²) in [7, 11) is 2.83. The Balaban J connectivity index is 1.52. The molecule has 0 aromatic heterocycles. The molecule has 7 atom stereocenters. The highest BCUT2D eigenvalue weighted by molar-refractivity contribution is 6.60. The molecule has 0 radical (unpaired) electrons. The summed E-state index contributed by atoms with van der Waals surface area (Å²) in [5.41, 5.74) is 0. The molecule has 0 heterocycles. The van der Waals surface area contributed by atoms with E-state index in [0.717, 1.165) is 47.5 Å². The van der Waals surface area contributed by atoms with Crippen molar-refractivity contribution in [2.75, 3.05) is 21.3 Å². The van der Waals surface area contributed by atoms with Gasteiger partial charge in [-0.3, -0.25) is 0 Å². The van der Waals surface area contributed by atoms with E-state index < -0.39 is 8.80 Å². The molecule has 0 saturated heterocycles. The number of hydrogen-bond acceptors (Lipinski definition) is 3. The number of hydrogen-bond donors (Lipinski definition) is 0. The van der Waals surface area contributed by atoms with Gasteiger partial charge in [-0.05, 0) is 60.7 Å². The molecular weight excluding hydrogens is 268 g/mol. The van der Waals surface area contributed by atoms with Gasteiger partial charge in [-0.15, -0.1) is 0 Å². The lowest BCUT2D eigenvalue weighted by Gasteiger charge is -2.38. The summed E-state index contributed by atoms with van der Waals surface area (Å²) in [6.07, 6.45) is 9.30. The van der Waals surface area contributed by atoms with Crippen molar-refractivity contribution in [1.82, 2.24) is 0 Å². The molecule has 4 aliphatic carbocycles. The summed E-state index contributed by atoms with van der Waals surface area (Å²) in [5.74, 6) is 6.40. The third-order valence-corrected chi connectivity index (χ3v) is 9.74. The average molecular weight is 294 g/mol. The van der Waals surface area contributed by atoms with Crippen LogP contribution in [0.5, 0.6) is 0 Å². The summed E-state index contributed by atoms with van der Waals surface area (Å²) >= 11 is 0. The Bertz CT molecular complexity index is 412. The standard InChI is InChI=1S/C16H26O3Si/c1-17-20(18-2,19-3)9-13-7-12-8-14(13)16-11-5-4-10(6-11)15(12)16/h4-5,10-16H,6-9H2,1-3H3. The fraction of sp³-hybridized carbons (Fsp3) is 0.875. The molecule has 0 aromatic rings. The van der Waals surface area contributed by atoms with Crippen molar-refractivity contribution < 1.29 is 13.3 Å². The first-order valence-electron chi connectivity index (χ1n) is 8.05. The van der Waals surface area contributed by atoms with E-state index in [-0.39, 0.29) is 0 Å². The van der Waals surface area contributed by atoms with E-state index in [1.165, 1.54) is 19.3 Å². The summed E-state index contributed by atoms with van der Waals surface area (Å²) < 4.78 is 17.0. The predicted octanol–water partition coefficient (Wildman–Crippen LogP) is 2.96. The minimum atomic E-state index is -2.40. The smallest absolute Gasteiger partial charge is 0.377 e. The fourth-order valence-electron chi connectivity index (χ4n) is 6.21. The normalized spacial score (nSPS) is 48.2. The highest BCUT2D eigenvalue weighted by Gasteiger charge is 2.62. The van der Waals surface area contributed by atoms with Gasteiger partial charge in [0.05, 0.1) is 0 Å². The first-order valence-corrected chi connectivity index (χ1v) is 9.98. The summed E-state index contributed by atoms with van der Waals surface area (Å²) in [6, 6.07) is 1.02. The second-order valence-corrected chi connectivity index (χ2v) is 10.3. The Morgan fingerprint density at radius 2 is 1.55 bits per heavy atom. The Labute approximate surface area is 123 Å². The molecule has 0 N–H and O–H groups in total. The van der Waals surface area contributed by atoms with Crippen LogP contribution in [-0.4, -0.2) is 30.1 Å². The van der Waals surface area contributed by atoms with Gasteiger partial charge in [-0.1, -0.05) is 12.2 Å². The van der Waals surface area contributed by atoms with Gasteiger partial charge in [0.1, 0.15) is 0 Å². The van der Waals surface area contributed by atoms with E-state index in [9.17, 15) is 0 Å². The van der Waals surface area contributed by atoms with Crippen LogP contribution in [0.3, 0.4) is 0 Å². The Hall–Kier alpha value is -0.163. The lowest BCUT2D eigenvalue weighted by Crippen LogP contribution is -2.46. The van der Waals surface area contributed by atoms with Gasteiger partial charge in [-0.2, -0.15) is 0 Å². The van der Waals surface area contributed by atoms with E-state index in [1.54, 1.807) is 21.3 Å². The van der Waals surface area contributed by atoms with Gasteiger partial charge in [0.2, 0.25) is 0 Å². The molecule has 7 unspecified atom stereocenters. The lowest BCUT2D eigenvalue weighted by molar-refractivity contribution is 0.0983. The molecular formula is C16H26O3Si. The highest BCUT2D eigenvalue weighted by Crippen LogP contribution is 2.67. The molecule has 4 rings (SSSR count). The Morgan fingerprint density at radius 3 is 2.20 bits per heavy atom. The number of rotatable bonds is 5. The van der Waals surface area contributed by atoms with Gasteiger partial charge in [0.15, 0.2) is 0 Å². The molecule has 4 heteroatoms. The van der Waals surface area contributed by atoms with Crippen LogP contribution in [0, 0.1) is 41.4 Å². The summed E-state index contributed by atoms with van der Waals surface area (Å²) in [5, 5.41) is 0.